The van der Waals surface area contributed by atoms with E-state index in [4.69, 9.17) is 23.2 Å². The molecule has 32 heavy (non-hydrogen) atoms. The zero-order valence-corrected chi connectivity index (χ0v) is 19.3. The van der Waals surface area contributed by atoms with E-state index in [0.717, 1.165) is 9.37 Å². The Balaban J connectivity index is 1.53. The molecule has 2 N–H and O–H groups in total. The van der Waals surface area contributed by atoms with E-state index in [2.05, 4.69) is 26.6 Å². The number of anilines is 3. The lowest BCUT2D eigenvalue weighted by Crippen LogP contribution is -2.32. The number of benzene rings is 3. The fourth-order valence-electron chi connectivity index (χ4n) is 3.06. The van der Waals surface area contributed by atoms with Crippen LogP contribution in [0.4, 0.5) is 17.1 Å². The lowest BCUT2D eigenvalue weighted by molar-refractivity contribution is -0.120. The van der Waals surface area contributed by atoms with Crippen molar-refractivity contribution in [2.24, 2.45) is 0 Å². The minimum absolute atomic E-state index is 0.0603. The fourth-order valence-corrected chi connectivity index (χ4v) is 3.66. The Kier molecular flexibility index (Phi) is 6.32. The van der Waals surface area contributed by atoms with E-state index >= 15 is 0 Å². The molecule has 1 aliphatic rings. The monoisotopic (exact) mass is 529 g/mol. The number of halogens is 3. The van der Waals surface area contributed by atoms with Crippen LogP contribution in [-0.2, 0) is 9.59 Å². The van der Waals surface area contributed by atoms with E-state index < -0.39 is 11.8 Å². The zero-order valence-electron chi connectivity index (χ0n) is 16.2. The lowest BCUT2D eigenvalue weighted by Gasteiger charge is -2.15. The molecule has 9 heteroatoms. The average Bonchev–Trinajstić information content (AvgIpc) is 2.99. The van der Waals surface area contributed by atoms with E-state index in [-0.39, 0.29) is 16.6 Å². The van der Waals surface area contributed by atoms with Gasteiger partial charge < -0.3 is 10.6 Å². The summed E-state index contributed by atoms with van der Waals surface area (Å²) in [4.78, 5) is 39.1. The van der Waals surface area contributed by atoms with Gasteiger partial charge in [0, 0.05) is 26.4 Å². The topological polar surface area (TPSA) is 78.5 Å². The summed E-state index contributed by atoms with van der Waals surface area (Å²) in [5.74, 6) is -1.56. The number of rotatable bonds is 5. The highest BCUT2D eigenvalue weighted by Gasteiger charge is 2.38. The van der Waals surface area contributed by atoms with Gasteiger partial charge in [-0.3, -0.25) is 14.4 Å². The van der Waals surface area contributed by atoms with Gasteiger partial charge in [-0.25, -0.2) is 4.90 Å². The van der Waals surface area contributed by atoms with Gasteiger partial charge in [0.15, 0.2) is 0 Å². The summed E-state index contributed by atoms with van der Waals surface area (Å²) in [5, 5.41) is 5.98. The van der Waals surface area contributed by atoms with Crippen molar-refractivity contribution < 1.29 is 14.4 Å². The largest absolute Gasteiger partial charge is 0.350 e. The maximum Gasteiger partial charge on any atom is 0.283 e. The second-order valence-corrected chi connectivity index (χ2v) is 8.51. The third kappa shape index (κ3) is 4.55. The van der Waals surface area contributed by atoms with Crippen LogP contribution in [-0.4, -0.2) is 17.7 Å². The Bertz CT molecular complexity index is 1260. The predicted octanol–water partition coefficient (Wildman–Crippen LogP) is 5.79. The highest BCUT2D eigenvalue weighted by atomic mass is 79.9. The maximum atomic E-state index is 12.9. The third-order valence-corrected chi connectivity index (χ3v) is 5.74. The van der Waals surface area contributed by atoms with Gasteiger partial charge in [-0.1, -0.05) is 45.2 Å². The van der Waals surface area contributed by atoms with Crippen molar-refractivity contribution >= 4 is 73.9 Å². The van der Waals surface area contributed by atoms with Crippen molar-refractivity contribution in [2.45, 2.75) is 0 Å². The van der Waals surface area contributed by atoms with Gasteiger partial charge in [0.05, 0.1) is 5.69 Å². The van der Waals surface area contributed by atoms with Gasteiger partial charge in [-0.2, -0.15) is 0 Å². The molecule has 0 radical (unpaired) electrons. The van der Waals surface area contributed by atoms with Gasteiger partial charge in [0.25, 0.3) is 17.7 Å². The van der Waals surface area contributed by atoms with Crippen LogP contribution in [0.15, 0.2) is 88.0 Å². The Hall–Kier alpha value is -3.13. The molecule has 0 fully saturated rings. The molecular formula is C23H14BrCl2N3O3. The van der Waals surface area contributed by atoms with Crippen molar-refractivity contribution in [1.29, 1.82) is 0 Å². The zero-order chi connectivity index (χ0) is 22.8. The fraction of sp³-hybridized carbons (Fsp3) is 0. The number of nitrogens with zero attached hydrogens (tertiary/aromatic N) is 1. The van der Waals surface area contributed by atoms with Crippen LogP contribution in [0, 0.1) is 0 Å². The highest BCUT2D eigenvalue weighted by Crippen LogP contribution is 2.31. The number of imide groups is 1. The number of hydrogen-bond donors (Lipinski definition) is 2. The molecule has 3 aromatic rings. The Morgan fingerprint density at radius 1 is 0.844 bits per heavy atom. The molecule has 3 amide bonds. The number of carbonyl (C=O) groups is 3. The molecule has 0 aliphatic carbocycles. The minimum Gasteiger partial charge on any atom is -0.350 e. The number of nitrogens with one attached hydrogen (secondary N) is 2. The molecule has 0 saturated carbocycles. The highest BCUT2D eigenvalue weighted by molar-refractivity contribution is 9.10. The second kappa shape index (κ2) is 9.16. The molecule has 6 nitrogen and oxygen atoms in total. The summed E-state index contributed by atoms with van der Waals surface area (Å²) in [5.41, 5.74) is 1.71. The van der Waals surface area contributed by atoms with Crippen LogP contribution in [0.1, 0.15) is 10.4 Å². The maximum absolute atomic E-state index is 12.9. The standard InChI is InChI=1S/C23H14BrCl2N3O3/c24-14-4-10-18(11-5-14)29-22(31)19(26)20(23(29)32)27-17-3-1-2-13(12-17)21(30)28-16-8-6-15(25)7-9-16/h1-12,27H,(H,28,30). The van der Waals surface area contributed by atoms with E-state index in [1.54, 1.807) is 72.8 Å². The summed E-state index contributed by atoms with van der Waals surface area (Å²) >= 11 is 15.4. The molecule has 0 saturated heterocycles. The smallest absolute Gasteiger partial charge is 0.283 e. The van der Waals surface area contributed by atoms with Crippen LogP contribution in [0.25, 0.3) is 0 Å². The number of amides is 3. The van der Waals surface area contributed by atoms with E-state index in [1.807, 2.05) is 0 Å². The van der Waals surface area contributed by atoms with Crippen molar-refractivity contribution in [3.05, 3.63) is 98.6 Å². The molecule has 3 aromatic carbocycles. The van der Waals surface area contributed by atoms with Crippen LogP contribution >= 0.6 is 39.1 Å². The molecule has 1 heterocycles. The Morgan fingerprint density at radius 2 is 1.53 bits per heavy atom. The van der Waals surface area contributed by atoms with Crippen molar-refractivity contribution in [2.75, 3.05) is 15.5 Å². The summed E-state index contributed by atoms with van der Waals surface area (Å²) in [7, 11) is 0. The van der Waals surface area contributed by atoms with Crippen molar-refractivity contribution in [1.82, 2.24) is 0 Å². The van der Waals surface area contributed by atoms with Gasteiger partial charge in [0.1, 0.15) is 10.7 Å². The molecule has 0 aromatic heterocycles. The second-order valence-electron chi connectivity index (χ2n) is 6.78. The summed E-state index contributed by atoms with van der Waals surface area (Å²) in [6.45, 7) is 0. The summed E-state index contributed by atoms with van der Waals surface area (Å²) in [6.07, 6.45) is 0. The van der Waals surface area contributed by atoms with E-state index in [0.29, 0.717) is 27.6 Å². The average molecular weight is 531 g/mol. The van der Waals surface area contributed by atoms with Gasteiger partial charge in [-0.05, 0) is 66.7 Å². The van der Waals surface area contributed by atoms with Crippen LogP contribution in [0.3, 0.4) is 0 Å². The lowest BCUT2D eigenvalue weighted by atomic mass is 10.1. The Morgan fingerprint density at radius 3 is 2.22 bits per heavy atom. The Labute approximate surface area is 201 Å². The summed E-state index contributed by atoms with van der Waals surface area (Å²) in [6, 6.07) is 19.9. The number of carbonyl (C=O) groups excluding carboxylic acids is 3. The predicted molar refractivity (Wildman–Crippen MR) is 129 cm³/mol. The first kappa shape index (κ1) is 22.1. The molecule has 0 bridgehead atoms. The molecule has 4 rings (SSSR count). The van der Waals surface area contributed by atoms with Crippen LogP contribution in [0.2, 0.25) is 5.02 Å². The molecule has 0 unspecified atom stereocenters. The molecule has 0 atom stereocenters. The van der Waals surface area contributed by atoms with Gasteiger partial charge in [0.2, 0.25) is 0 Å². The molecule has 1 aliphatic heterocycles. The van der Waals surface area contributed by atoms with Crippen molar-refractivity contribution in [3.63, 3.8) is 0 Å². The van der Waals surface area contributed by atoms with E-state index in [9.17, 15) is 14.4 Å². The van der Waals surface area contributed by atoms with Gasteiger partial charge >= 0.3 is 0 Å². The SMILES string of the molecule is O=C(Nc1ccc(Cl)cc1)c1cccc(NC2=C(Cl)C(=O)N(c3ccc(Br)cc3)C2=O)c1. The number of hydrogen-bond acceptors (Lipinski definition) is 4. The normalized spacial score (nSPS) is 13.5. The minimum atomic E-state index is -0.627. The van der Waals surface area contributed by atoms with Crippen molar-refractivity contribution in [3.8, 4) is 0 Å². The third-order valence-electron chi connectivity index (χ3n) is 4.61. The van der Waals surface area contributed by atoms with E-state index in [1.165, 1.54) is 0 Å². The van der Waals surface area contributed by atoms with Crippen LogP contribution < -0.4 is 15.5 Å². The van der Waals surface area contributed by atoms with Crippen LogP contribution in [0.5, 0.6) is 0 Å². The first-order chi connectivity index (χ1) is 15.3. The quantitative estimate of drug-likeness (QED) is 0.409. The summed E-state index contributed by atoms with van der Waals surface area (Å²) < 4.78 is 0.812. The first-order valence-electron chi connectivity index (χ1n) is 9.31. The van der Waals surface area contributed by atoms with Gasteiger partial charge in [-0.15, -0.1) is 0 Å². The molecule has 160 valence electrons. The molecule has 0 spiro atoms. The first-order valence-corrected chi connectivity index (χ1v) is 10.9. The molecular weight excluding hydrogens is 517 g/mol.